The summed E-state index contributed by atoms with van der Waals surface area (Å²) in [6.07, 6.45) is 4.76. The van der Waals surface area contributed by atoms with Crippen molar-refractivity contribution in [1.29, 1.82) is 5.26 Å². The van der Waals surface area contributed by atoms with Gasteiger partial charge in [0.25, 0.3) is 0 Å². The van der Waals surface area contributed by atoms with Crippen molar-refractivity contribution in [2.45, 2.75) is 5.92 Å². The van der Waals surface area contributed by atoms with Gasteiger partial charge in [-0.25, -0.2) is 4.98 Å². The summed E-state index contributed by atoms with van der Waals surface area (Å²) in [6.45, 7) is 0. The van der Waals surface area contributed by atoms with Crippen LogP contribution >= 0.6 is 0 Å². The van der Waals surface area contributed by atoms with E-state index in [-0.39, 0.29) is 11.6 Å². The van der Waals surface area contributed by atoms with Gasteiger partial charge < -0.3 is 4.57 Å². The van der Waals surface area contributed by atoms with Gasteiger partial charge >= 0.3 is 0 Å². The van der Waals surface area contributed by atoms with Gasteiger partial charge in [-0.2, -0.15) is 5.26 Å². The summed E-state index contributed by atoms with van der Waals surface area (Å²) in [4.78, 5) is 20.1. The second-order valence-electron chi connectivity index (χ2n) is 3.54. The summed E-state index contributed by atoms with van der Waals surface area (Å²) in [6, 6.07) is 7.12. The highest BCUT2D eigenvalue weighted by molar-refractivity contribution is 5.99. The Hall–Kier alpha value is -2.48. The molecule has 0 fully saturated rings. The third kappa shape index (κ3) is 2.06. The van der Waals surface area contributed by atoms with Crippen molar-refractivity contribution in [3.63, 3.8) is 0 Å². The van der Waals surface area contributed by atoms with Crippen LogP contribution in [-0.4, -0.2) is 20.3 Å². The van der Waals surface area contributed by atoms with Crippen LogP contribution in [0.5, 0.6) is 0 Å². The molecule has 0 amide bonds. The number of carbonyl (C=O) groups is 1. The van der Waals surface area contributed by atoms with Crippen LogP contribution in [0.15, 0.2) is 36.8 Å². The van der Waals surface area contributed by atoms with E-state index in [0.717, 1.165) is 0 Å². The van der Waals surface area contributed by atoms with Gasteiger partial charge in [-0.05, 0) is 12.1 Å². The maximum absolute atomic E-state index is 12.1. The minimum Gasteiger partial charge on any atom is -0.332 e. The van der Waals surface area contributed by atoms with Crippen molar-refractivity contribution >= 4 is 5.78 Å². The molecular formula is C12H10N4O. The molecule has 0 unspecified atom stereocenters. The molecule has 1 atom stereocenters. The maximum atomic E-state index is 12.1. The topological polar surface area (TPSA) is 71.6 Å². The molecule has 0 aliphatic carbocycles. The Balaban J connectivity index is 2.36. The number of ketones is 1. The number of hydrogen-bond acceptors (Lipinski definition) is 4. The van der Waals surface area contributed by atoms with Gasteiger partial charge in [-0.15, -0.1) is 0 Å². The summed E-state index contributed by atoms with van der Waals surface area (Å²) < 4.78 is 1.59. The zero-order valence-electron chi connectivity index (χ0n) is 9.24. The van der Waals surface area contributed by atoms with E-state index in [1.54, 1.807) is 42.2 Å². The number of nitriles is 1. The lowest BCUT2D eigenvalue weighted by atomic mass is 10.0. The first kappa shape index (κ1) is 11.0. The van der Waals surface area contributed by atoms with Gasteiger partial charge in [0.2, 0.25) is 5.78 Å². The quantitative estimate of drug-likeness (QED) is 0.739. The van der Waals surface area contributed by atoms with Gasteiger partial charge in [0.15, 0.2) is 11.7 Å². The van der Waals surface area contributed by atoms with Gasteiger partial charge in [0.1, 0.15) is 0 Å². The Bertz CT molecular complexity index is 568. The van der Waals surface area contributed by atoms with Crippen LogP contribution in [0, 0.1) is 11.3 Å². The van der Waals surface area contributed by atoms with E-state index in [1.807, 2.05) is 6.07 Å². The lowest BCUT2D eigenvalue weighted by molar-refractivity contribution is 0.0964. The monoisotopic (exact) mass is 226 g/mol. The molecule has 0 saturated heterocycles. The number of nitrogens with zero attached hydrogens (tertiary/aromatic N) is 4. The highest BCUT2D eigenvalue weighted by Gasteiger charge is 2.25. The Kier molecular flexibility index (Phi) is 2.97. The van der Waals surface area contributed by atoms with Crippen molar-refractivity contribution < 1.29 is 4.79 Å². The van der Waals surface area contributed by atoms with Crippen molar-refractivity contribution in [3.05, 3.63) is 48.3 Å². The van der Waals surface area contributed by atoms with Gasteiger partial charge in [0.05, 0.1) is 11.8 Å². The molecule has 2 heterocycles. The van der Waals surface area contributed by atoms with Crippen LogP contribution in [0.2, 0.25) is 0 Å². The lowest BCUT2D eigenvalue weighted by Crippen LogP contribution is -2.16. The second kappa shape index (κ2) is 4.58. The summed E-state index contributed by atoms with van der Waals surface area (Å²) in [5.41, 5.74) is 0.447. The SMILES string of the molecule is Cn1ccnc1C(=O)[C@@H](C#N)c1ccccn1. The summed E-state index contributed by atoms with van der Waals surface area (Å²) in [5, 5.41) is 9.09. The average Bonchev–Trinajstić information content (AvgIpc) is 2.77. The predicted octanol–water partition coefficient (Wildman–Crippen LogP) is 1.31. The van der Waals surface area contributed by atoms with E-state index in [9.17, 15) is 4.79 Å². The van der Waals surface area contributed by atoms with E-state index in [1.165, 1.54) is 6.20 Å². The molecule has 0 saturated carbocycles. The van der Waals surface area contributed by atoms with Crippen LogP contribution in [0.3, 0.4) is 0 Å². The van der Waals surface area contributed by atoms with E-state index >= 15 is 0 Å². The van der Waals surface area contributed by atoms with Gasteiger partial charge in [-0.1, -0.05) is 6.07 Å². The van der Waals surface area contributed by atoms with Gasteiger partial charge in [-0.3, -0.25) is 9.78 Å². The standard InChI is InChI=1S/C12H10N4O/c1-16-7-6-15-12(16)11(17)9(8-13)10-4-2-3-5-14-10/h2-7,9H,1H3/t9-/m0/s1. The fourth-order valence-corrected chi connectivity index (χ4v) is 1.54. The molecule has 84 valence electrons. The molecule has 0 aliphatic rings. The molecule has 0 aromatic carbocycles. The number of aryl methyl sites for hydroxylation is 1. The van der Waals surface area contributed by atoms with Gasteiger partial charge in [0, 0.05) is 25.6 Å². The summed E-state index contributed by atoms with van der Waals surface area (Å²) >= 11 is 0. The van der Waals surface area contributed by atoms with E-state index in [0.29, 0.717) is 5.69 Å². The van der Waals surface area contributed by atoms with Crippen LogP contribution in [-0.2, 0) is 7.05 Å². The van der Waals surface area contributed by atoms with Crippen molar-refractivity contribution in [2.24, 2.45) is 7.05 Å². The third-order valence-electron chi connectivity index (χ3n) is 2.42. The number of Topliss-reactive ketones (excluding diaryl/α,β-unsaturated/α-hetero) is 1. The molecule has 5 heteroatoms. The Morgan fingerprint density at radius 2 is 2.24 bits per heavy atom. The minimum atomic E-state index is -0.905. The van der Waals surface area contributed by atoms with Crippen molar-refractivity contribution in [2.75, 3.05) is 0 Å². The predicted molar refractivity (Wildman–Crippen MR) is 60.1 cm³/mol. The molecule has 2 rings (SSSR count). The average molecular weight is 226 g/mol. The smallest absolute Gasteiger partial charge is 0.221 e. The lowest BCUT2D eigenvalue weighted by Gasteiger charge is -2.06. The molecule has 17 heavy (non-hydrogen) atoms. The molecule has 2 aromatic rings. The largest absolute Gasteiger partial charge is 0.332 e. The first-order chi connectivity index (χ1) is 8.24. The number of pyridine rings is 1. The van der Waals surface area contributed by atoms with Crippen LogP contribution in [0.1, 0.15) is 22.2 Å². The molecular weight excluding hydrogens is 216 g/mol. The Morgan fingerprint density at radius 1 is 1.41 bits per heavy atom. The van der Waals surface area contributed by atoms with Crippen molar-refractivity contribution in [3.8, 4) is 6.07 Å². The fraction of sp³-hybridized carbons (Fsp3) is 0.167. The first-order valence-corrected chi connectivity index (χ1v) is 5.06. The zero-order valence-corrected chi connectivity index (χ0v) is 9.24. The number of carbonyl (C=O) groups excluding carboxylic acids is 1. The van der Waals surface area contributed by atoms with Crippen LogP contribution in [0.4, 0.5) is 0 Å². The highest BCUT2D eigenvalue weighted by atomic mass is 16.1. The second-order valence-corrected chi connectivity index (χ2v) is 3.54. The van der Waals surface area contributed by atoms with E-state index < -0.39 is 5.92 Å². The van der Waals surface area contributed by atoms with E-state index in [4.69, 9.17) is 5.26 Å². The molecule has 0 radical (unpaired) electrons. The van der Waals surface area contributed by atoms with Crippen molar-refractivity contribution in [1.82, 2.24) is 14.5 Å². The number of hydrogen-bond donors (Lipinski definition) is 0. The Labute approximate surface area is 98.4 Å². The summed E-state index contributed by atoms with van der Waals surface area (Å²) in [5.74, 6) is -0.974. The normalized spacial score (nSPS) is 11.8. The number of aromatic nitrogens is 3. The fourth-order valence-electron chi connectivity index (χ4n) is 1.54. The minimum absolute atomic E-state index is 0.266. The van der Waals surface area contributed by atoms with Crippen LogP contribution < -0.4 is 0 Å². The van der Waals surface area contributed by atoms with E-state index in [2.05, 4.69) is 9.97 Å². The molecule has 5 nitrogen and oxygen atoms in total. The third-order valence-corrected chi connectivity index (χ3v) is 2.42. The molecule has 2 aromatic heterocycles. The summed E-state index contributed by atoms with van der Waals surface area (Å²) in [7, 11) is 1.72. The molecule has 0 bridgehead atoms. The molecule has 0 spiro atoms. The highest BCUT2D eigenvalue weighted by Crippen LogP contribution is 2.16. The maximum Gasteiger partial charge on any atom is 0.221 e. The number of rotatable bonds is 3. The molecule has 0 aliphatic heterocycles. The Morgan fingerprint density at radius 3 is 2.76 bits per heavy atom. The molecule has 0 N–H and O–H groups in total. The first-order valence-electron chi connectivity index (χ1n) is 5.06. The van der Waals surface area contributed by atoms with Crippen LogP contribution in [0.25, 0.3) is 0 Å². The zero-order chi connectivity index (χ0) is 12.3. The number of imidazole rings is 1.